The van der Waals surface area contributed by atoms with Crippen LogP contribution in [0.1, 0.15) is 12.5 Å². The molecule has 0 saturated carbocycles. The lowest BCUT2D eigenvalue weighted by Gasteiger charge is -2.11. The zero-order valence-corrected chi connectivity index (χ0v) is 13.3. The maximum Gasteiger partial charge on any atom is 0.406 e. The molecule has 0 aliphatic heterocycles. The topological polar surface area (TPSA) is 73.1 Å². The van der Waals surface area contributed by atoms with Gasteiger partial charge in [-0.3, -0.25) is 19.0 Å². The summed E-state index contributed by atoms with van der Waals surface area (Å²) in [4.78, 5) is 35.5. The predicted octanol–water partition coefficient (Wildman–Crippen LogP) is 1.77. The predicted molar refractivity (Wildman–Crippen MR) is 85.5 cm³/mol. The van der Waals surface area contributed by atoms with Crippen molar-refractivity contribution in [3.05, 3.63) is 62.9 Å². The van der Waals surface area contributed by atoms with Gasteiger partial charge in [-0.1, -0.05) is 19.1 Å². The van der Waals surface area contributed by atoms with Crippen LogP contribution in [0.2, 0.25) is 0 Å². The van der Waals surface area contributed by atoms with Gasteiger partial charge in [0.05, 0.1) is 0 Å². The van der Waals surface area contributed by atoms with E-state index in [1.165, 1.54) is 0 Å². The summed E-state index contributed by atoms with van der Waals surface area (Å²) < 4.78 is 38.0. The summed E-state index contributed by atoms with van der Waals surface area (Å²) >= 11 is 0. The van der Waals surface area contributed by atoms with Gasteiger partial charge in [-0.15, -0.1) is 0 Å². The van der Waals surface area contributed by atoms with Gasteiger partial charge in [0.25, 0.3) is 0 Å². The van der Waals surface area contributed by atoms with E-state index in [-0.39, 0.29) is 4.57 Å². The van der Waals surface area contributed by atoms with Crippen molar-refractivity contribution in [1.82, 2.24) is 9.13 Å². The van der Waals surface area contributed by atoms with Gasteiger partial charge in [0, 0.05) is 18.1 Å². The number of halogens is 3. The van der Waals surface area contributed by atoms with Crippen molar-refractivity contribution in [1.29, 1.82) is 0 Å². The van der Waals surface area contributed by atoms with Gasteiger partial charge in [-0.05, 0) is 24.1 Å². The van der Waals surface area contributed by atoms with E-state index in [1.807, 2.05) is 19.1 Å². The van der Waals surface area contributed by atoms with Crippen LogP contribution in [0, 0.1) is 0 Å². The third-order valence-electron chi connectivity index (χ3n) is 3.44. The standard InChI is InChI=1S/C16H16F3N3O3/c1-2-11-3-5-12(6-4-11)20-13(23)9-21-7-8-22(10-16(17,18)19)15(25)14(21)24/h3-8H,2,9-10H2,1H3,(H,20,23). The Hall–Kier alpha value is -2.84. The van der Waals surface area contributed by atoms with Crippen molar-refractivity contribution in [2.24, 2.45) is 0 Å². The number of anilines is 1. The minimum absolute atomic E-state index is 0.264. The third-order valence-corrected chi connectivity index (χ3v) is 3.44. The molecule has 2 aromatic rings. The summed E-state index contributed by atoms with van der Waals surface area (Å²) in [6, 6.07) is 7.06. The Kier molecular flexibility index (Phi) is 5.45. The minimum atomic E-state index is -4.62. The maximum atomic E-state index is 12.3. The van der Waals surface area contributed by atoms with Gasteiger partial charge in [0.2, 0.25) is 5.91 Å². The number of carbonyl (C=O) groups excluding carboxylic acids is 1. The monoisotopic (exact) mass is 355 g/mol. The molecule has 134 valence electrons. The van der Waals surface area contributed by atoms with Crippen LogP contribution >= 0.6 is 0 Å². The van der Waals surface area contributed by atoms with E-state index in [4.69, 9.17) is 0 Å². The fourth-order valence-electron chi connectivity index (χ4n) is 2.16. The number of nitrogens with one attached hydrogen (secondary N) is 1. The van der Waals surface area contributed by atoms with Crippen LogP contribution in [0.15, 0.2) is 46.2 Å². The number of nitrogens with zero attached hydrogens (tertiary/aromatic N) is 2. The number of hydrogen-bond acceptors (Lipinski definition) is 3. The molecule has 0 saturated heterocycles. The van der Waals surface area contributed by atoms with E-state index < -0.39 is 36.3 Å². The van der Waals surface area contributed by atoms with Crippen LogP contribution in [-0.4, -0.2) is 21.2 Å². The summed E-state index contributed by atoms with van der Waals surface area (Å²) in [5.74, 6) is -0.570. The zero-order valence-electron chi connectivity index (χ0n) is 13.3. The number of aryl methyl sites for hydroxylation is 1. The van der Waals surface area contributed by atoms with Gasteiger partial charge in [-0.25, -0.2) is 0 Å². The SMILES string of the molecule is CCc1ccc(NC(=O)Cn2ccn(CC(F)(F)F)c(=O)c2=O)cc1. The fourth-order valence-corrected chi connectivity index (χ4v) is 2.16. The summed E-state index contributed by atoms with van der Waals surface area (Å²) in [5, 5.41) is 2.55. The highest BCUT2D eigenvalue weighted by Gasteiger charge is 2.28. The van der Waals surface area contributed by atoms with Gasteiger partial charge >= 0.3 is 17.3 Å². The molecule has 1 N–H and O–H groups in total. The van der Waals surface area contributed by atoms with Crippen LogP contribution in [-0.2, 0) is 24.3 Å². The highest BCUT2D eigenvalue weighted by Crippen LogP contribution is 2.15. The molecule has 0 atom stereocenters. The lowest BCUT2D eigenvalue weighted by atomic mass is 10.1. The van der Waals surface area contributed by atoms with Crippen molar-refractivity contribution in [2.75, 3.05) is 5.32 Å². The number of amides is 1. The van der Waals surface area contributed by atoms with Gasteiger partial charge in [0.1, 0.15) is 13.1 Å². The first-order valence-corrected chi connectivity index (χ1v) is 7.45. The molecule has 2 rings (SSSR count). The Labute approximate surface area is 140 Å². The summed E-state index contributed by atoms with van der Waals surface area (Å²) in [6.45, 7) is -0.0463. The number of benzene rings is 1. The van der Waals surface area contributed by atoms with Gasteiger partial charge in [-0.2, -0.15) is 13.2 Å². The van der Waals surface area contributed by atoms with E-state index in [0.717, 1.165) is 28.9 Å². The molecule has 0 fully saturated rings. The molecule has 0 unspecified atom stereocenters. The first kappa shape index (κ1) is 18.5. The molecule has 1 aromatic heterocycles. The van der Waals surface area contributed by atoms with Crippen molar-refractivity contribution in [3.63, 3.8) is 0 Å². The Morgan fingerprint density at radius 2 is 1.60 bits per heavy atom. The molecule has 25 heavy (non-hydrogen) atoms. The molecule has 1 amide bonds. The lowest BCUT2D eigenvalue weighted by Crippen LogP contribution is -2.43. The molecule has 6 nitrogen and oxygen atoms in total. The van der Waals surface area contributed by atoms with E-state index in [9.17, 15) is 27.6 Å². The molecule has 9 heteroatoms. The van der Waals surface area contributed by atoms with Crippen LogP contribution in [0.4, 0.5) is 18.9 Å². The molecule has 0 spiro atoms. The normalized spacial score (nSPS) is 11.4. The van der Waals surface area contributed by atoms with Crippen molar-refractivity contribution < 1.29 is 18.0 Å². The molecule has 0 aliphatic carbocycles. The first-order valence-electron chi connectivity index (χ1n) is 7.45. The van der Waals surface area contributed by atoms with Crippen LogP contribution in [0.5, 0.6) is 0 Å². The number of rotatable bonds is 5. The Balaban J connectivity index is 2.11. The highest BCUT2D eigenvalue weighted by molar-refractivity contribution is 5.90. The number of alkyl halides is 3. The fraction of sp³-hybridized carbons (Fsp3) is 0.312. The zero-order chi connectivity index (χ0) is 18.6. The molecule has 0 bridgehead atoms. The Morgan fingerprint density at radius 3 is 2.16 bits per heavy atom. The molecule has 0 radical (unpaired) electrons. The average molecular weight is 355 g/mol. The smallest absolute Gasteiger partial charge is 0.325 e. The molecular weight excluding hydrogens is 339 g/mol. The Morgan fingerprint density at radius 1 is 1.04 bits per heavy atom. The average Bonchev–Trinajstić information content (AvgIpc) is 2.54. The number of aromatic nitrogens is 2. The van der Waals surface area contributed by atoms with Crippen LogP contribution < -0.4 is 16.4 Å². The molecule has 0 aliphatic rings. The van der Waals surface area contributed by atoms with E-state index in [0.29, 0.717) is 5.69 Å². The maximum absolute atomic E-state index is 12.3. The summed E-state index contributed by atoms with van der Waals surface area (Å²) in [6.07, 6.45) is -1.96. The van der Waals surface area contributed by atoms with Crippen LogP contribution in [0.3, 0.4) is 0 Å². The second kappa shape index (κ2) is 7.37. The number of carbonyl (C=O) groups is 1. The van der Waals surface area contributed by atoms with Crippen molar-refractivity contribution in [3.8, 4) is 0 Å². The van der Waals surface area contributed by atoms with E-state index >= 15 is 0 Å². The highest BCUT2D eigenvalue weighted by atomic mass is 19.4. The Bertz CT molecular complexity index is 867. The largest absolute Gasteiger partial charge is 0.406 e. The molecule has 1 aromatic carbocycles. The minimum Gasteiger partial charge on any atom is -0.325 e. The first-order chi connectivity index (χ1) is 11.7. The third kappa shape index (κ3) is 5.07. The van der Waals surface area contributed by atoms with Crippen molar-refractivity contribution in [2.45, 2.75) is 32.6 Å². The van der Waals surface area contributed by atoms with E-state index in [2.05, 4.69) is 5.32 Å². The quantitative estimate of drug-likeness (QED) is 0.831. The second-order valence-electron chi connectivity index (χ2n) is 5.38. The number of hydrogen-bond donors (Lipinski definition) is 1. The van der Waals surface area contributed by atoms with Gasteiger partial charge < -0.3 is 9.88 Å². The van der Waals surface area contributed by atoms with Gasteiger partial charge in [0.15, 0.2) is 0 Å². The summed E-state index contributed by atoms with van der Waals surface area (Å²) in [7, 11) is 0. The molecule has 1 heterocycles. The van der Waals surface area contributed by atoms with E-state index in [1.54, 1.807) is 12.1 Å². The van der Waals surface area contributed by atoms with Crippen LogP contribution in [0.25, 0.3) is 0 Å². The second-order valence-corrected chi connectivity index (χ2v) is 5.38. The summed E-state index contributed by atoms with van der Waals surface area (Å²) in [5.41, 5.74) is -0.925. The lowest BCUT2D eigenvalue weighted by molar-refractivity contribution is -0.141. The van der Waals surface area contributed by atoms with Crippen molar-refractivity contribution >= 4 is 11.6 Å². The molecular formula is C16H16F3N3O3.